The average molecular weight is 244 g/mol. The summed E-state index contributed by atoms with van der Waals surface area (Å²) < 4.78 is 18.7. The molecule has 0 aliphatic carbocycles. The molecule has 0 unspecified atom stereocenters. The molecule has 0 N–H and O–H groups in total. The molecule has 18 heavy (non-hydrogen) atoms. The summed E-state index contributed by atoms with van der Waals surface area (Å²) in [7, 11) is 0. The number of benzene rings is 2. The molecule has 0 bridgehead atoms. The van der Waals surface area contributed by atoms with E-state index in [1.807, 2.05) is 19.1 Å². The highest BCUT2D eigenvalue weighted by atomic mass is 19.1. The summed E-state index contributed by atoms with van der Waals surface area (Å²) in [6.45, 7) is 1.80. The normalized spacial score (nSPS) is 10.1. The maximum atomic E-state index is 13.3. The number of carbonyl (C=O) groups excluding carboxylic acids is 1. The third-order valence-electron chi connectivity index (χ3n) is 2.57. The van der Waals surface area contributed by atoms with Gasteiger partial charge in [-0.1, -0.05) is 29.8 Å². The fourth-order valence-corrected chi connectivity index (χ4v) is 1.55. The fourth-order valence-electron chi connectivity index (χ4n) is 1.55. The Morgan fingerprint density at radius 3 is 2.44 bits per heavy atom. The Labute approximate surface area is 105 Å². The third-order valence-corrected chi connectivity index (χ3v) is 2.57. The maximum absolute atomic E-state index is 13.3. The highest BCUT2D eigenvalue weighted by Gasteiger charge is 2.11. The molecule has 3 heteroatoms. The van der Waals surface area contributed by atoms with E-state index in [0.29, 0.717) is 5.75 Å². The smallest absolute Gasteiger partial charge is 0.203 e. The summed E-state index contributed by atoms with van der Waals surface area (Å²) in [6, 6.07) is 13.2. The second kappa shape index (κ2) is 5.45. The predicted octanol–water partition coefficient (Wildman–Crippen LogP) is 3.40. The second-order valence-electron chi connectivity index (χ2n) is 4.00. The molecule has 92 valence electrons. The van der Waals surface area contributed by atoms with Gasteiger partial charge in [0.1, 0.15) is 11.6 Å². The van der Waals surface area contributed by atoms with E-state index in [1.165, 1.54) is 12.1 Å². The van der Waals surface area contributed by atoms with Crippen LogP contribution in [0.5, 0.6) is 5.75 Å². The molecule has 0 amide bonds. The minimum atomic E-state index is -0.519. The number of rotatable bonds is 4. The van der Waals surface area contributed by atoms with Crippen molar-refractivity contribution in [3.63, 3.8) is 0 Å². The van der Waals surface area contributed by atoms with Gasteiger partial charge < -0.3 is 4.74 Å². The van der Waals surface area contributed by atoms with Crippen LogP contribution >= 0.6 is 0 Å². The van der Waals surface area contributed by atoms with Gasteiger partial charge in [0, 0.05) is 0 Å². The summed E-state index contributed by atoms with van der Waals surface area (Å²) in [5.74, 6) is -0.283. The van der Waals surface area contributed by atoms with Gasteiger partial charge in [0.15, 0.2) is 6.61 Å². The summed E-state index contributed by atoms with van der Waals surface area (Å²) in [5, 5.41) is 0. The molecule has 0 aliphatic heterocycles. The number of hydrogen-bond donors (Lipinski definition) is 0. The van der Waals surface area contributed by atoms with Crippen molar-refractivity contribution in [2.75, 3.05) is 6.61 Å². The number of Topliss-reactive ketones (excluding diaryl/α,β-unsaturated/α-hetero) is 1. The zero-order valence-electron chi connectivity index (χ0n) is 10.0. The molecule has 2 nitrogen and oxygen atoms in total. The largest absolute Gasteiger partial charge is 0.485 e. The molecule has 0 saturated heterocycles. The van der Waals surface area contributed by atoms with Gasteiger partial charge in [-0.15, -0.1) is 0 Å². The van der Waals surface area contributed by atoms with Crippen LogP contribution in [0.4, 0.5) is 4.39 Å². The van der Waals surface area contributed by atoms with E-state index in [2.05, 4.69) is 0 Å². The number of carbonyl (C=O) groups is 1. The van der Waals surface area contributed by atoms with Crippen LogP contribution in [0.1, 0.15) is 15.9 Å². The Bertz CT molecular complexity index is 547. The van der Waals surface area contributed by atoms with Crippen molar-refractivity contribution >= 4 is 5.78 Å². The highest BCUT2D eigenvalue weighted by Crippen LogP contribution is 2.13. The SMILES string of the molecule is Cc1ccc(OCC(=O)c2ccccc2F)cc1. The molecule has 0 spiro atoms. The number of ether oxygens (including phenoxy) is 1. The van der Waals surface area contributed by atoms with Gasteiger partial charge in [-0.3, -0.25) is 4.79 Å². The molecule has 0 aromatic heterocycles. The highest BCUT2D eigenvalue weighted by molar-refractivity contribution is 5.97. The lowest BCUT2D eigenvalue weighted by molar-refractivity contribution is 0.0917. The van der Waals surface area contributed by atoms with Crippen molar-refractivity contribution in [1.29, 1.82) is 0 Å². The lowest BCUT2D eigenvalue weighted by Gasteiger charge is -2.06. The van der Waals surface area contributed by atoms with E-state index in [0.717, 1.165) is 5.56 Å². The van der Waals surface area contributed by atoms with Gasteiger partial charge in [-0.05, 0) is 31.2 Å². The molecule has 0 atom stereocenters. The van der Waals surface area contributed by atoms with E-state index in [4.69, 9.17) is 4.74 Å². The van der Waals surface area contributed by atoms with Gasteiger partial charge in [-0.25, -0.2) is 4.39 Å². The zero-order chi connectivity index (χ0) is 13.0. The van der Waals surface area contributed by atoms with Crippen LogP contribution in [-0.2, 0) is 0 Å². The van der Waals surface area contributed by atoms with Crippen LogP contribution in [0, 0.1) is 12.7 Å². The fraction of sp³-hybridized carbons (Fsp3) is 0.133. The molecule has 2 aromatic rings. The maximum Gasteiger partial charge on any atom is 0.203 e. The van der Waals surface area contributed by atoms with Gasteiger partial charge in [-0.2, -0.15) is 0 Å². The van der Waals surface area contributed by atoms with Gasteiger partial charge in [0.25, 0.3) is 0 Å². The van der Waals surface area contributed by atoms with Crippen LogP contribution in [0.2, 0.25) is 0 Å². The first-order valence-corrected chi connectivity index (χ1v) is 5.64. The topological polar surface area (TPSA) is 26.3 Å². The Hall–Kier alpha value is -2.16. The van der Waals surface area contributed by atoms with E-state index >= 15 is 0 Å². The van der Waals surface area contributed by atoms with Crippen LogP contribution in [0.25, 0.3) is 0 Å². The van der Waals surface area contributed by atoms with Crippen LogP contribution < -0.4 is 4.74 Å². The van der Waals surface area contributed by atoms with Crippen molar-refractivity contribution < 1.29 is 13.9 Å². The standard InChI is InChI=1S/C15H13FO2/c1-11-6-8-12(9-7-11)18-10-15(17)13-4-2-3-5-14(13)16/h2-9H,10H2,1H3. The summed E-state index contributed by atoms with van der Waals surface area (Å²) in [4.78, 5) is 11.7. The lowest BCUT2D eigenvalue weighted by Crippen LogP contribution is -2.13. The van der Waals surface area contributed by atoms with Crippen LogP contribution in [-0.4, -0.2) is 12.4 Å². The molecule has 2 aromatic carbocycles. The minimum Gasteiger partial charge on any atom is -0.485 e. The number of halogens is 1. The Morgan fingerprint density at radius 1 is 1.11 bits per heavy atom. The van der Waals surface area contributed by atoms with Gasteiger partial charge in [0.05, 0.1) is 5.56 Å². The zero-order valence-corrected chi connectivity index (χ0v) is 10.0. The van der Waals surface area contributed by atoms with Crippen molar-refractivity contribution in [1.82, 2.24) is 0 Å². The Balaban J connectivity index is 2.01. The molecule has 0 radical (unpaired) electrons. The molecule has 2 rings (SSSR count). The van der Waals surface area contributed by atoms with Crippen molar-refractivity contribution in [2.45, 2.75) is 6.92 Å². The van der Waals surface area contributed by atoms with Gasteiger partial charge >= 0.3 is 0 Å². The van der Waals surface area contributed by atoms with E-state index < -0.39 is 5.82 Å². The van der Waals surface area contributed by atoms with Crippen LogP contribution in [0.3, 0.4) is 0 Å². The van der Waals surface area contributed by atoms with E-state index in [-0.39, 0.29) is 18.0 Å². The average Bonchev–Trinajstić information content (AvgIpc) is 2.38. The number of hydrogen-bond acceptors (Lipinski definition) is 2. The Morgan fingerprint density at radius 2 is 1.78 bits per heavy atom. The molecule has 0 heterocycles. The molecular weight excluding hydrogens is 231 g/mol. The second-order valence-corrected chi connectivity index (χ2v) is 4.00. The van der Waals surface area contributed by atoms with E-state index in [1.54, 1.807) is 24.3 Å². The molecular formula is C15H13FO2. The van der Waals surface area contributed by atoms with Crippen molar-refractivity contribution in [2.24, 2.45) is 0 Å². The minimum absolute atomic E-state index is 0.0598. The first kappa shape index (κ1) is 12.3. The lowest BCUT2D eigenvalue weighted by atomic mass is 10.1. The monoisotopic (exact) mass is 244 g/mol. The van der Waals surface area contributed by atoms with Gasteiger partial charge in [0.2, 0.25) is 5.78 Å². The Kier molecular flexibility index (Phi) is 3.72. The molecule has 0 fully saturated rings. The van der Waals surface area contributed by atoms with E-state index in [9.17, 15) is 9.18 Å². The summed E-state index contributed by atoms with van der Waals surface area (Å²) in [5.41, 5.74) is 1.17. The predicted molar refractivity (Wildman–Crippen MR) is 67.4 cm³/mol. The van der Waals surface area contributed by atoms with Crippen molar-refractivity contribution in [3.05, 3.63) is 65.5 Å². The first-order chi connectivity index (χ1) is 8.66. The van der Waals surface area contributed by atoms with Crippen molar-refractivity contribution in [3.8, 4) is 5.75 Å². The summed E-state index contributed by atoms with van der Waals surface area (Å²) in [6.07, 6.45) is 0. The molecule has 0 aliphatic rings. The first-order valence-electron chi connectivity index (χ1n) is 5.64. The quantitative estimate of drug-likeness (QED) is 0.770. The van der Waals surface area contributed by atoms with Crippen LogP contribution in [0.15, 0.2) is 48.5 Å². The molecule has 0 saturated carbocycles. The third kappa shape index (κ3) is 2.94. The number of aryl methyl sites for hydroxylation is 1. The number of ketones is 1. The summed E-state index contributed by atoms with van der Waals surface area (Å²) >= 11 is 0.